The highest BCUT2D eigenvalue weighted by molar-refractivity contribution is 7.99. The van der Waals surface area contributed by atoms with Gasteiger partial charge in [0.1, 0.15) is 5.54 Å². The van der Waals surface area contributed by atoms with E-state index in [-0.39, 0.29) is 5.56 Å². The van der Waals surface area contributed by atoms with Crippen LogP contribution in [0.1, 0.15) is 19.0 Å². The number of nitrogens with one attached hydrogen (secondary N) is 1. The maximum absolute atomic E-state index is 11.1. The van der Waals surface area contributed by atoms with Gasteiger partial charge in [0, 0.05) is 17.5 Å². The molecule has 16 heavy (non-hydrogen) atoms. The lowest BCUT2D eigenvalue weighted by atomic mass is 10.0. The average Bonchev–Trinajstić information content (AvgIpc) is 2.16. The Labute approximate surface area is 98.1 Å². The molecule has 0 saturated carbocycles. The molecule has 0 fully saturated rings. The van der Waals surface area contributed by atoms with Crippen LogP contribution in [0.2, 0.25) is 0 Å². The van der Waals surface area contributed by atoms with Crippen LogP contribution < -0.4 is 11.3 Å². The molecule has 1 rings (SSSR count). The van der Waals surface area contributed by atoms with Crippen LogP contribution in [0.3, 0.4) is 0 Å². The minimum atomic E-state index is -0.822. The van der Waals surface area contributed by atoms with Gasteiger partial charge in [-0.3, -0.25) is 4.79 Å². The van der Waals surface area contributed by atoms with Gasteiger partial charge in [0.2, 0.25) is 0 Å². The van der Waals surface area contributed by atoms with Crippen molar-refractivity contribution in [3.8, 4) is 6.07 Å². The largest absolute Gasteiger partial charge is 0.314 e. The monoisotopic (exact) mass is 238 g/mol. The molecule has 1 heterocycles. The van der Waals surface area contributed by atoms with Gasteiger partial charge in [-0.2, -0.15) is 5.26 Å². The summed E-state index contributed by atoms with van der Waals surface area (Å²) in [5, 5.41) is 9.29. The molecule has 86 valence electrons. The van der Waals surface area contributed by atoms with E-state index >= 15 is 0 Å². The highest BCUT2D eigenvalue weighted by atomic mass is 32.2. The van der Waals surface area contributed by atoms with Crippen molar-refractivity contribution in [3.63, 3.8) is 0 Å². The minimum Gasteiger partial charge on any atom is -0.314 e. The van der Waals surface area contributed by atoms with Crippen LogP contribution in [0.25, 0.3) is 0 Å². The Balaban J connectivity index is 2.56. The molecule has 5 nitrogen and oxygen atoms in total. The lowest BCUT2D eigenvalue weighted by molar-refractivity contribution is 0.583. The van der Waals surface area contributed by atoms with Crippen LogP contribution in [0.5, 0.6) is 0 Å². The molecule has 0 aromatic carbocycles. The van der Waals surface area contributed by atoms with Gasteiger partial charge in [-0.05, 0) is 20.3 Å². The molecule has 3 N–H and O–H groups in total. The third-order valence-electron chi connectivity index (χ3n) is 1.96. The van der Waals surface area contributed by atoms with Gasteiger partial charge >= 0.3 is 0 Å². The molecule has 0 amide bonds. The van der Waals surface area contributed by atoms with Crippen molar-refractivity contribution in [1.82, 2.24) is 9.97 Å². The second kappa shape index (κ2) is 5.14. The first-order valence-electron chi connectivity index (χ1n) is 4.84. The van der Waals surface area contributed by atoms with Crippen molar-refractivity contribution in [2.45, 2.75) is 31.0 Å². The Morgan fingerprint density at radius 2 is 2.44 bits per heavy atom. The zero-order valence-electron chi connectivity index (χ0n) is 9.28. The van der Waals surface area contributed by atoms with E-state index in [0.717, 1.165) is 0 Å². The van der Waals surface area contributed by atoms with Gasteiger partial charge in [0.15, 0.2) is 5.16 Å². The molecule has 0 radical (unpaired) electrons. The summed E-state index contributed by atoms with van der Waals surface area (Å²) in [7, 11) is 0. The molecule has 1 unspecified atom stereocenters. The van der Waals surface area contributed by atoms with E-state index in [4.69, 9.17) is 11.0 Å². The van der Waals surface area contributed by atoms with E-state index < -0.39 is 5.54 Å². The Hall–Kier alpha value is -1.32. The summed E-state index contributed by atoms with van der Waals surface area (Å²) in [6, 6.07) is 3.46. The third kappa shape index (κ3) is 4.04. The SMILES string of the molecule is Cc1cc(=O)[nH]c(SCCC(C)(N)C#N)n1. The van der Waals surface area contributed by atoms with E-state index in [1.165, 1.54) is 17.8 Å². The molecule has 0 bridgehead atoms. The van der Waals surface area contributed by atoms with Crippen molar-refractivity contribution in [1.29, 1.82) is 5.26 Å². The Kier molecular flexibility index (Phi) is 4.10. The fourth-order valence-corrected chi connectivity index (χ4v) is 2.14. The van der Waals surface area contributed by atoms with Gasteiger partial charge in [-0.1, -0.05) is 11.8 Å². The fraction of sp³-hybridized carbons (Fsp3) is 0.500. The number of aromatic amines is 1. The summed E-state index contributed by atoms with van der Waals surface area (Å²) in [4.78, 5) is 17.9. The van der Waals surface area contributed by atoms with Crippen LogP contribution in [-0.4, -0.2) is 21.3 Å². The third-order valence-corrected chi connectivity index (χ3v) is 2.84. The quantitative estimate of drug-likeness (QED) is 0.597. The number of nitriles is 1. The molecule has 0 aliphatic rings. The van der Waals surface area contributed by atoms with Crippen molar-refractivity contribution in [2.75, 3.05) is 5.75 Å². The summed E-state index contributed by atoms with van der Waals surface area (Å²) >= 11 is 1.39. The van der Waals surface area contributed by atoms with Crippen molar-refractivity contribution in [3.05, 3.63) is 22.1 Å². The van der Waals surface area contributed by atoms with Gasteiger partial charge < -0.3 is 10.7 Å². The number of hydrogen-bond donors (Lipinski definition) is 2. The van der Waals surface area contributed by atoms with Crippen LogP contribution in [0.15, 0.2) is 16.0 Å². The number of nitrogens with zero attached hydrogens (tertiary/aromatic N) is 2. The van der Waals surface area contributed by atoms with Crippen molar-refractivity contribution in [2.24, 2.45) is 5.73 Å². The van der Waals surface area contributed by atoms with E-state index in [2.05, 4.69) is 9.97 Å². The second-order valence-electron chi connectivity index (χ2n) is 3.82. The Morgan fingerprint density at radius 1 is 1.75 bits per heavy atom. The molecule has 1 aromatic rings. The van der Waals surface area contributed by atoms with Crippen molar-refractivity contribution < 1.29 is 0 Å². The maximum Gasteiger partial charge on any atom is 0.251 e. The molecule has 0 spiro atoms. The topological polar surface area (TPSA) is 95.6 Å². The molecule has 1 aromatic heterocycles. The molecule has 6 heteroatoms. The number of hydrogen-bond acceptors (Lipinski definition) is 5. The first-order valence-corrected chi connectivity index (χ1v) is 5.82. The summed E-state index contributed by atoms with van der Waals surface area (Å²) < 4.78 is 0. The zero-order valence-corrected chi connectivity index (χ0v) is 10.1. The summed E-state index contributed by atoms with van der Waals surface area (Å²) in [5.41, 5.74) is 5.37. The number of aromatic nitrogens is 2. The smallest absolute Gasteiger partial charge is 0.251 e. The molecular weight excluding hydrogens is 224 g/mol. The highest BCUT2D eigenvalue weighted by Gasteiger charge is 2.16. The molecule has 0 aliphatic heterocycles. The van der Waals surface area contributed by atoms with Gasteiger partial charge in [-0.15, -0.1) is 0 Å². The van der Waals surface area contributed by atoms with Crippen LogP contribution >= 0.6 is 11.8 Å². The molecule has 0 aliphatic carbocycles. The summed E-state index contributed by atoms with van der Waals surface area (Å²) in [5.74, 6) is 0.646. The van der Waals surface area contributed by atoms with Crippen LogP contribution in [-0.2, 0) is 0 Å². The lowest BCUT2D eigenvalue weighted by Crippen LogP contribution is -2.34. The van der Waals surface area contributed by atoms with Gasteiger partial charge in [0.25, 0.3) is 5.56 Å². The molecule has 1 atom stereocenters. The number of H-pyrrole nitrogens is 1. The van der Waals surface area contributed by atoms with Gasteiger partial charge in [0.05, 0.1) is 6.07 Å². The zero-order chi connectivity index (χ0) is 12.2. The highest BCUT2D eigenvalue weighted by Crippen LogP contribution is 2.16. The van der Waals surface area contributed by atoms with Crippen LogP contribution in [0, 0.1) is 18.3 Å². The van der Waals surface area contributed by atoms with E-state index in [0.29, 0.717) is 23.0 Å². The number of nitrogens with two attached hydrogens (primary N) is 1. The first kappa shape index (κ1) is 12.7. The predicted molar refractivity (Wildman–Crippen MR) is 63.1 cm³/mol. The second-order valence-corrected chi connectivity index (χ2v) is 4.90. The van der Waals surface area contributed by atoms with E-state index in [9.17, 15) is 4.79 Å². The van der Waals surface area contributed by atoms with E-state index in [1.807, 2.05) is 6.07 Å². The predicted octanol–water partition coefficient (Wildman–Crippen LogP) is 0.802. The number of aryl methyl sites for hydroxylation is 1. The van der Waals surface area contributed by atoms with Crippen molar-refractivity contribution >= 4 is 11.8 Å². The minimum absolute atomic E-state index is 0.161. The first-order chi connectivity index (χ1) is 7.43. The Bertz CT molecular complexity index is 461. The van der Waals surface area contributed by atoms with Crippen LogP contribution in [0.4, 0.5) is 0 Å². The molecular formula is C10H14N4OS. The normalized spacial score (nSPS) is 14.1. The Morgan fingerprint density at radius 3 is 3.00 bits per heavy atom. The number of thioether (sulfide) groups is 1. The summed E-state index contributed by atoms with van der Waals surface area (Å²) in [6.07, 6.45) is 0.547. The number of rotatable bonds is 4. The average molecular weight is 238 g/mol. The standard InChI is InChI=1S/C10H14N4OS/c1-7-5-8(15)14-9(13-7)16-4-3-10(2,12)6-11/h5H,3-4,12H2,1-2H3,(H,13,14,15). The maximum atomic E-state index is 11.1. The van der Waals surface area contributed by atoms with E-state index in [1.54, 1.807) is 13.8 Å². The summed E-state index contributed by atoms with van der Waals surface area (Å²) in [6.45, 7) is 3.45. The lowest BCUT2D eigenvalue weighted by Gasteiger charge is -2.13. The van der Waals surface area contributed by atoms with Gasteiger partial charge in [-0.25, -0.2) is 4.98 Å². The molecule has 0 saturated heterocycles. The fourth-order valence-electron chi connectivity index (χ4n) is 1.04.